The van der Waals surface area contributed by atoms with Crippen molar-refractivity contribution in [3.8, 4) is 11.5 Å². The maximum absolute atomic E-state index is 13.2. The molecule has 0 unspecified atom stereocenters. The van der Waals surface area contributed by atoms with Gasteiger partial charge >= 0.3 is 0 Å². The Kier molecular flexibility index (Phi) is 5.48. The minimum absolute atomic E-state index is 0.0522. The van der Waals surface area contributed by atoms with Gasteiger partial charge in [0.15, 0.2) is 11.0 Å². The Balaban J connectivity index is 1.57. The van der Waals surface area contributed by atoms with Gasteiger partial charge in [0.05, 0.1) is 5.69 Å². The fourth-order valence-corrected chi connectivity index (χ4v) is 5.57. The number of aromatic nitrogens is 4. The molecule has 0 amide bonds. The summed E-state index contributed by atoms with van der Waals surface area (Å²) in [5.41, 5.74) is 0.788. The maximum atomic E-state index is 13.2. The molecule has 1 saturated heterocycles. The monoisotopic (exact) mass is 451 g/mol. The highest BCUT2D eigenvalue weighted by molar-refractivity contribution is 7.89. The van der Waals surface area contributed by atoms with Crippen LogP contribution >= 0.6 is 11.6 Å². The number of piperidine rings is 1. The predicted molar refractivity (Wildman–Crippen MR) is 107 cm³/mol. The molecule has 0 radical (unpaired) electrons. The Morgan fingerprint density at radius 3 is 2.83 bits per heavy atom. The summed E-state index contributed by atoms with van der Waals surface area (Å²) in [5, 5.41) is 12.2. The highest BCUT2D eigenvalue weighted by Gasteiger charge is 2.36. The first-order chi connectivity index (χ1) is 14.3. The maximum Gasteiger partial charge on any atom is 0.259 e. The normalized spacial score (nSPS) is 20.4. The first kappa shape index (κ1) is 20.7. The molecule has 0 saturated carbocycles. The van der Waals surface area contributed by atoms with Crippen molar-refractivity contribution in [3.05, 3.63) is 64.7 Å². The van der Waals surface area contributed by atoms with Crippen molar-refractivity contribution in [1.29, 1.82) is 0 Å². The van der Waals surface area contributed by atoms with Gasteiger partial charge in [-0.2, -0.15) is 9.04 Å². The average molecular weight is 452 g/mol. The number of rotatable bonds is 4. The van der Waals surface area contributed by atoms with E-state index in [0.717, 1.165) is 6.20 Å². The van der Waals surface area contributed by atoms with Crippen molar-refractivity contribution in [2.75, 3.05) is 13.1 Å². The lowest BCUT2D eigenvalue weighted by atomic mass is 9.86. The van der Waals surface area contributed by atoms with Crippen molar-refractivity contribution in [2.45, 2.75) is 24.2 Å². The Morgan fingerprint density at radius 1 is 1.37 bits per heavy atom. The summed E-state index contributed by atoms with van der Waals surface area (Å²) in [4.78, 5) is 11.4. The zero-order chi connectivity index (χ0) is 21.5. The molecular weight excluding hydrogens is 433 g/mol. The van der Waals surface area contributed by atoms with Crippen molar-refractivity contribution in [3.63, 3.8) is 0 Å². The van der Waals surface area contributed by atoms with E-state index >= 15 is 0 Å². The van der Waals surface area contributed by atoms with Gasteiger partial charge in [-0.15, -0.1) is 0 Å². The Labute approximate surface area is 178 Å². The van der Waals surface area contributed by atoms with Crippen molar-refractivity contribution < 1.29 is 17.5 Å². The lowest BCUT2D eigenvalue weighted by Gasteiger charge is -2.35. The van der Waals surface area contributed by atoms with Crippen LogP contribution in [0.2, 0.25) is 5.15 Å². The van der Waals surface area contributed by atoms with Gasteiger partial charge in [-0.25, -0.2) is 17.8 Å². The van der Waals surface area contributed by atoms with Crippen LogP contribution in [0.25, 0.3) is 11.5 Å². The number of halogens is 2. The fourth-order valence-electron chi connectivity index (χ4n) is 3.78. The topological polar surface area (TPSA) is 106 Å². The van der Waals surface area contributed by atoms with E-state index in [2.05, 4.69) is 15.0 Å². The van der Waals surface area contributed by atoms with Crippen LogP contribution in [0.15, 0.2) is 47.8 Å². The Bertz CT molecular complexity index is 1170. The predicted octanol–water partition coefficient (Wildman–Crippen LogP) is 2.71. The Morgan fingerprint density at radius 2 is 2.17 bits per heavy atom. The molecule has 8 nitrogen and oxygen atoms in total. The van der Waals surface area contributed by atoms with Gasteiger partial charge in [0.1, 0.15) is 4.90 Å². The van der Waals surface area contributed by atoms with E-state index < -0.39 is 15.8 Å². The minimum atomic E-state index is -3.63. The van der Waals surface area contributed by atoms with Gasteiger partial charge in [-0.1, -0.05) is 18.5 Å². The third kappa shape index (κ3) is 3.78. The van der Waals surface area contributed by atoms with Gasteiger partial charge in [0, 0.05) is 37.5 Å². The van der Waals surface area contributed by atoms with E-state index in [1.807, 2.05) is 6.92 Å². The van der Waals surface area contributed by atoms with Crippen molar-refractivity contribution >= 4 is 21.6 Å². The molecule has 1 fully saturated rings. The molecule has 0 aromatic carbocycles. The first-order valence-corrected chi connectivity index (χ1v) is 11.1. The molecule has 1 aliphatic rings. The molecule has 0 aliphatic carbocycles. The summed E-state index contributed by atoms with van der Waals surface area (Å²) >= 11 is 6.33. The molecule has 30 heavy (non-hydrogen) atoms. The highest BCUT2D eigenvalue weighted by Crippen LogP contribution is 2.37. The smallest absolute Gasteiger partial charge is 0.259 e. The van der Waals surface area contributed by atoms with E-state index in [1.165, 1.54) is 34.9 Å². The molecule has 1 N–H and O–H groups in total. The highest BCUT2D eigenvalue weighted by atomic mass is 35.5. The number of sulfonamides is 1. The number of nitrogens with zero attached hydrogens (tertiary/aromatic N) is 4. The number of imidazole rings is 1. The van der Waals surface area contributed by atoms with Gasteiger partial charge in [0.2, 0.25) is 22.0 Å². The van der Waals surface area contributed by atoms with Crippen LogP contribution in [0, 0.1) is 16.9 Å². The Hall–Kier alpha value is -2.56. The van der Waals surface area contributed by atoms with Crippen molar-refractivity contribution in [2.24, 2.45) is 5.92 Å². The minimum Gasteiger partial charge on any atom is -0.618 e. The summed E-state index contributed by atoms with van der Waals surface area (Å²) in [5.74, 6) is -0.534. The third-order valence-corrected chi connectivity index (χ3v) is 7.45. The molecule has 11 heteroatoms. The van der Waals surface area contributed by atoms with Crippen LogP contribution in [0.5, 0.6) is 0 Å². The van der Waals surface area contributed by atoms with Gasteiger partial charge < -0.3 is 10.2 Å². The van der Waals surface area contributed by atoms with Crippen LogP contribution in [-0.4, -0.2) is 40.8 Å². The van der Waals surface area contributed by atoms with Crippen LogP contribution in [0.3, 0.4) is 0 Å². The standard InChI is InChI=1S/C19H19ClFN5O3S/c1-12-10-25(30(28,29)14-3-2-7-22-9-14)8-6-15(12)17-18(20)24-19(23-17)16-5-4-13(21)11-26(16)27/h2-5,7,9,11-12,15H,6,8,10H2,1H3,(H,23,24)/t12-,15+/m0/s1. The second-order valence-electron chi connectivity index (χ2n) is 7.27. The summed E-state index contributed by atoms with van der Waals surface area (Å²) in [6, 6.07) is 5.61. The zero-order valence-electron chi connectivity index (χ0n) is 16.0. The largest absolute Gasteiger partial charge is 0.618 e. The third-order valence-electron chi connectivity index (χ3n) is 5.32. The molecule has 4 rings (SSSR count). The fraction of sp³-hybridized carbons (Fsp3) is 0.316. The second-order valence-corrected chi connectivity index (χ2v) is 9.57. The molecule has 4 heterocycles. The van der Waals surface area contributed by atoms with Gasteiger partial charge in [-0.05, 0) is 30.5 Å². The molecule has 0 spiro atoms. The van der Waals surface area contributed by atoms with E-state index in [-0.39, 0.29) is 33.4 Å². The van der Waals surface area contributed by atoms with E-state index in [9.17, 15) is 18.0 Å². The number of hydrogen-bond acceptors (Lipinski definition) is 5. The number of hydrogen-bond donors (Lipinski definition) is 1. The van der Waals surface area contributed by atoms with Crippen LogP contribution in [-0.2, 0) is 10.0 Å². The van der Waals surface area contributed by atoms with Crippen LogP contribution in [0.4, 0.5) is 4.39 Å². The molecule has 3 aromatic heterocycles. The molecule has 2 atom stereocenters. The van der Waals surface area contributed by atoms with E-state index in [0.29, 0.717) is 29.9 Å². The molecule has 0 bridgehead atoms. The van der Waals surface area contributed by atoms with Gasteiger partial charge in [-0.3, -0.25) is 4.98 Å². The average Bonchev–Trinajstić information content (AvgIpc) is 3.09. The van der Waals surface area contributed by atoms with Crippen LogP contribution < -0.4 is 4.73 Å². The number of pyridine rings is 2. The van der Waals surface area contributed by atoms with Gasteiger partial charge in [0.25, 0.3) is 5.69 Å². The number of aromatic amines is 1. The first-order valence-electron chi connectivity index (χ1n) is 9.32. The number of nitrogens with one attached hydrogen (secondary N) is 1. The SMILES string of the molecule is C[C@H]1CN(S(=O)(=O)c2cccnc2)CC[C@H]1c1[nH]c(-c2ccc(F)c[n+]2[O-])nc1Cl. The lowest BCUT2D eigenvalue weighted by Crippen LogP contribution is -2.42. The quantitative estimate of drug-likeness (QED) is 0.485. The summed E-state index contributed by atoms with van der Waals surface area (Å²) in [6.45, 7) is 2.57. The summed E-state index contributed by atoms with van der Waals surface area (Å²) in [6.07, 6.45) is 4.21. The molecule has 1 aliphatic heterocycles. The van der Waals surface area contributed by atoms with Crippen molar-refractivity contribution in [1.82, 2.24) is 19.3 Å². The lowest BCUT2D eigenvalue weighted by molar-refractivity contribution is -0.595. The van der Waals surface area contributed by atoms with E-state index in [4.69, 9.17) is 11.6 Å². The summed E-state index contributed by atoms with van der Waals surface area (Å²) < 4.78 is 40.8. The van der Waals surface area contributed by atoms with E-state index in [1.54, 1.807) is 6.07 Å². The molecular formula is C19H19ClFN5O3S. The summed E-state index contributed by atoms with van der Waals surface area (Å²) in [7, 11) is -3.63. The zero-order valence-corrected chi connectivity index (χ0v) is 17.6. The second kappa shape index (κ2) is 7.93. The number of H-pyrrole nitrogens is 1. The molecule has 158 valence electrons. The van der Waals surface area contributed by atoms with Crippen LogP contribution in [0.1, 0.15) is 25.0 Å². The molecule has 3 aromatic rings.